The number of halogens is 1. The molecule has 0 aliphatic rings. The highest BCUT2D eigenvalue weighted by Crippen LogP contribution is 2.26. The van der Waals surface area contributed by atoms with Crippen molar-refractivity contribution in [1.82, 2.24) is 15.0 Å². The molecule has 6 nitrogen and oxygen atoms in total. The van der Waals surface area contributed by atoms with E-state index in [1.54, 1.807) is 12.4 Å². The lowest BCUT2D eigenvalue weighted by Gasteiger charge is -2.20. The summed E-state index contributed by atoms with van der Waals surface area (Å²) in [4.78, 5) is 13.3. The van der Waals surface area contributed by atoms with Crippen LogP contribution >= 0.6 is 11.6 Å². The van der Waals surface area contributed by atoms with E-state index in [-0.39, 0.29) is 18.6 Å². The van der Waals surface area contributed by atoms with E-state index in [1.165, 1.54) is 0 Å². The third kappa shape index (κ3) is 4.97. The van der Waals surface area contributed by atoms with E-state index in [9.17, 15) is 5.11 Å². The quantitative estimate of drug-likeness (QED) is 0.537. The second-order valence-electron chi connectivity index (χ2n) is 6.97. The average Bonchev–Trinajstić information content (AvgIpc) is 2.69. The van der Waals surface area contributed by atoms with Gasteiger partial charge in [0, 0.05) is 34.7 Å². The Morgan fingerprint density at radius 1 is 1.14 bits per heavy atom. The lowest BCUT2D eigenvalue weighted by atomic mass is 10.1. The zero-order chi connectivity index (χ0) is 20.1. The average molecular weight is 398 g/mol. The predicted octanol–water partition coefficient (Wildman–Crippen LogP) is 4.67. The van der Waals surface area contributed by atoms with Crippen LogP contribution in [0.25, 0.3) is 11.3 Å². The number of anilines is 3. The van der Waals surface area contributed by atoms with Crippen LogP contribution in [0.2, 0.25) is 5.02 Å². The van der Waals surface area contributed by atoms with Gasteiger partial charge in [0.05, 0.1) is 18.3 Å². The largest absolute Gasteiger partial charge is 0.394 e. The van der Waals surface area contributed by atoms with Gasteiger partial charge < -0.3 is 15.7 Å². The van der Waals surface area contributed by atoms with Crippen molar-refractivity contribution in [3.05, 3.63) is 59.4 Å². The number of aryl methyl sites for hydroxylation is 1. The fourth-order valence-corrected chi connectivity index (χ4v) is 2.83. The van der Waals surface area contributed by atoms with Crippen LogP contribution in [0, 0.1) is 12.8 Å². The normalized spacial score (nSPS) is 12.1. The molecule has 0 saturated heterocycles. The summed E-state index contributed by atoms with van der Waals surface area (Å²) in [5.41, 5.74) is 3.45. The van der Waals surface area contributed by atoms with Crippen molar-refractivity contribution >= 4 is 29.1 Å². The first-order valence-electron chi connectivity index (χ1n) is 9.16. The Balaban J connectivity index is 1.97. The van der Waals surface area contributed by atoms with Crippen molar-refractivity contribution in [2.24, 2.45) is 5.92 Å². The molecule has 146 valence electrons. The lowest BCUT2D eigenvalue weighted by molar-refractivity contribution is 0.248. The highest BCUT2D eigenvalue weighted by molar-refractivity contribution is 6.31. The van der Waals surface area contributed by atoms with Gasteiger partial charge in [-0.3, -0.25) is 4.98 Å². The first-order valence-corrected chi connectivity index (χ1v) is 9.54. The van der Waals surface area contributed by atoms with E-state index < -0.39 is 0 Å². The zero-order valence-corrected chi connectivity index (χ0v) is 16.9. The molecule has 3 rings (SSSR count). The summed E-state index contributed by atoms with van der Waals surface area (Å²) in [7, 11) is 0. The summed E-state index contributed by atoms with van der Waals surface area (Å²) < 4.78 is 0. The molecule has 28 heavy (non-hydrogen) atoms. The standard InChI is InChI=1S/C21H24ClN5O/c1-13(2)19(12-28)26-21-25-18(15-5-4-8-23-11-15)10-20(27-21)24-16-7-6-14(3)17(22)9-16/h4-11,13,19,28H,12H2,1-3H3,(H2,24,25,26,27)/t19-/m1/s1. The summed E-state index contributed by atoms with van der Waals surface area (Å²) in [6, 6.07) is 11.3. The zero-order valence-electron chi connectivity index (χ0n) is 16.1. The van der Waals surface area contributed by atoms with Crippen LogP contribution in [0.4, 0.5) is 17.5 Å². The molecule has 2 heterocycles. The topological polar surface area (TPSA) is 83.0 Å². The Morgan fingerprint density at radius 2 is 1.96 bits per heavy atom. The highest BCUT2D eigenvalue weighted by Gasteiger charge is 2.15. The van der Waals surface area contributed by atoms with Gasteiger partial charge in [-0.15, -0.1) is 0 Å². The third-order valence-electron chi connectivity index (χ3n) is 4.44. The maximum absolute atomic E-state index is 9.65. The molecule has 0 bridgehead atoms. The molecule has 0 fully saturated rings. The van der Waals surface area contributed by atoms with Crippen molar-refractivity contribution < 1.29 is 5.11 Å². The number of aliphatic hydroxyl groups excluding tert-OH is 1. The van der Waals surface area contributed by atoms with E-state index in [0.29, 0.717) is 16.8 Å². The molecule has 1 atom stereocenters. The number of aromatic nitrogens is 3. The molecule has 0 amide bonds. The number of hydrogen-bond acceptors (Lipinski definition) is 6. The van der Waals surface area contributed by atoms with Crippen molar-refractivity contribution in [2.75, 3.05) is 17.2 Å². The van der Waals surface area contributed by atoms with Crippen molar-refractivity contribution in [1.29, 1.82) is 0 Å². The number of benzene rings is 1. The molecule has 0 unspecified atom stereocenters. The van der Waals surface area contributed by atoms with E-state index in [2.05, 4.69) is 25.6 Å². The number of aliphatic hydroxyl groups is 1. The summed E-state index contributed by atoms with van der Waals surface area (Å²) in [5, 5.41) is 16.8. The smallest absolute Gasteiger partial charge is 0.225 e. The van der Waals surface area contributed by atoms with Crippen LogP contribution in [-0.4, -0.2) is 32.7 Å². The van der Waals surface area contributed by atoms with Crippen LogP contribution in [0.3, 0.4) is 0 Å². The minimum atomic E-state index is -0.147. The van der Waals surface area contributed by atoms with Gasteiger partial charge in [0.2, 0.25) is 5.95 Å². The maximum Gasteiger partial charge on any atom is 0.225 e. The van der Waals surface area contributed by atoms with Crippen LogP contribution in [-0.2, 0) is 0 Å². The maximum atomic E-state index is 9.65. The van der Waals surface area contributed by atoms with Crippen molar-refractivity contribution in [3.8, 4) is 11.3 Å². The summed E-state index contributed by atoms with van der Waals surface area (Å²) in [5.74, 6) is 1.29. The van der Waals surface area contributed by atoms with Crippen LogP contribution < -0.4 is 10.6 Å². The predicted molar refractivity (Wildman–Crippen MR) is 114 cm³/mol. The van der Waals surface area contributed by atoms with Gasteiger partial charge in [-0.1, -0.05) is 31.5 Å². The monoisotopic (exact) mass is 397 g/mol. The number of hydrogen-bond donors (Lipinski definition) is 3. The Labute approximate surface area is 170 Å². The Bertz CT molecular complexity index is 933. The van der Waals surface area contributed by atoms with E-state index in [0.717, 1.165) is 22.5 Å². The second kappa shape index (κ2) is 8.99. The van der Waals surface area contributed by atoms with Gasteiger partial charge in [-0.05, 0) is 42.7 Å². The molecule has 0 saturated carbocycles. The third-order valence-corrected chi connectivity index (χ3v) is 4.85. The molecule has 0 aliphatic carbocycles. The summed E-state index contributed by atoms with van der Waals surface area (Å²) in [6.45, 7) is 6.02. The van der Waals surface area contributed by atoms with Gasteiger partial charge in [0.15, 0.2) is 0 Å². The number of rotatable bonds is 7. The summed E-state index contributed by atoms with van der Waals surface area (Å²) in [6.07, 6.45) is 3.47. The molecule has 2 aromatic heterocycles. The second-order valence-corrected chi connectivity index (χ2v) is 7.38. The minimum absolute atomic E-state index is 0.00548. The number of nitrogens with one attached hydrogen (secondary N) is 2. The molecular formula is C21H24ClN5O. The fraction of sp³-hybridized carbons (Fsp3) is 0.286. The lowest BCUT2D eigenvalue weighted by Crippen LogP contribution is -2.30. The molecule has 7 heteroatoms. The van der Waals surface area contributed by atoms with Gasteiger partial charge in [0.1, 0.15) is 5.82 Å². The Morgan fingerprint density at radius 3 is 2.61 bits per heavy atom. The molecule has 3 aromatic rings. The molecule has 1 aromatic carbocycles. The van der Waals surface area contributed by atoms with Gasteiger partial charge >= 0.3 is 0 Å². The van der Waals surface area contributed by atoms with E-state index in [1.807, 2.05) is 57.2 Å². The first-order chi connectivity index (χ1) is 13.5. The first kappa shape index (κ1) is 20.0. The van der Waals surface area contributed by atoms with E-state index >= 15 is 0 Å². The van der Waals surface area contributed by atoms with Crippen molar-refractivity contribution in [3.63, 3.8) is 0 Å². The number of pyridine rings is 1. The van der Waals surface area contributed by atoms with Crippen LogP contribution in [0.1, 0.15) is 19.4 Å². The van der Waals surface area contributed by atoms with Crippen molar-refractivity contribution in [2.45, 2.75) is 26.8 Å². The van der Waals surface area contributed by atoms with Crippen LogP contribution in [0.5, 0.6) is 0 Å². The fourth-order valence-electron chi connectivity index (χ4n) is 2.65. The number of nitrogens with zero attached hydrogens (tertiary/aromatic N) is 3. The molecule has 0 aliphatic heterocycles. The van der Waals surface area contributed by atoms with E-state index in [4.69, 9.17) is 11.6 Å². The SMILES string of the molecule is Cc1ccc(Nc2cc(-c3cccnc3)nc(N[C@H](CO)C(C)C)n2)cc1Cl. The highest BCUT2D eigenvalue weighted by atomic mass is 35.5. The molecular weight excluding hydrogens is 374 g/mol. The Kier molecular flexibility index (Phi) is 6.44. The molecule has 0 radical (unpaired) electrons. The Hall–Kier alpha value is -2.70. The van der Waals surface area contributed by atoms with Gasteiger partial charge in [-0.2, -0.15) is 4.98 Å². The molecule has 3 N–H and O–H groups in total. The minimum Gasteiger partial charge on any atom is -0.394 e. The van der Waals surface area contributed by atoms with Gasteiger partial charge in [0.25, 0.3) is 0 Å². The van der Waals surface area contributed by atoms with Gasteiger partial charge in [-0.25, -0.2) is 4.98 Å². The summed E-state index contributed by atoms with van der Waals surface area (Å²) >= 11 is 6.24. The van der Waals surface area contributed by atoms with Crippen LogP contribution in [0.15, 0.2) is 48.8 Å². The molecule has 0 spiro atoms.